The minimum absolute atomic E-state index is 0.0750. The van der Waals surface area contributed by atoms with Gasteiger partial charge in [0.15, 0.2) is 11.5 Å². The van der Waals surface area contributed by atoms with E-state index in [2.05, 4.69) is 10.6 Å². The summed E-state index contributed by atoms with van der Waals surface area (Å²) in [4.78, 5) is 23.9. The lowest BCUT2D eigenvalue weighted by molar-refractivity contribution is -0.121. The van der Waals surface area contributed by atoms with Gasteiger partial charge in [-0.25, -0.2) is 0 Å². The van der Waals surface area contributed by atoms with Crippen molar-refractivity contribution in [3.8, 4) is 17.2 Å². The van der Waals surface area contributed by atoms with E-state index in [4.69, 9.17) is 9.47 Å². The summed E-state index contributed by atoms with van der Waals surface area (Å²) in [6.45, 7) is 0.583. The van der Waals surface area contributed by atoms with E-state index in [-0.39, 0.29) is 29.7 Å². The number of benzene rings is 2. The van der Waals surface area contributed by atoms with Gasteiger partial charge in [-0.15, -0.1) is 0 Å². The third-order valence-corrected chi connectivity index (χ3v) is 3.97. The number of phenols is 1. The summed E-state index contributed by atoms with van der Waals surface area (Å²) in [6.07, 6.45) is 0.888. The number of hydrogen-bond donors (Lipinski definition) is 3. The fourth-order valence-corrected chi connectivity index (χ4v) is 2.52. The van der Waals surface area contributed by atoms with E-state index in [1.807, 2.05) is 12.1 Å². The second kappa shape index (κ2) is 10.1. The number of methoxy groups -OCH3 is 2. The average Bonchev–Trinajstić information content (AvgIpc) is 2.69. The Labute approximate surface area is 158 Å². The topological polar surface area (TPSA) is 96.9 Å². The number of carbonyl (C=O) groups excluding carboxylic acids is 2. The molecular formula is C20H24N2O5. The van der Waals surface area contributed by atoms with Gasteiger partial charge in [-0.1, -0.05) is 18.2 Å². The summed E-state index contributed by atoms with van der Waals surface area (Å²) < 4.78 is 10.4. The van der Waals surface area contributed by atoms with E-state index in [0.717, 1.165) is 5.56 Å². The molecule has 0 atom stereocenters. The molecule has 2 aromatic carbocycles. The van der Waals surface area contributed by atoms with Gasteiger partial charge in [0.25, 0.3) is 5.91 Å². The van der Waals surface area contributed by atoms with Crippen LogP contribution in [-0.2, 0) is 11.2 Å². The lowest BCUT2D eigenvalue weighted by Crippen LogP contribution is -2.34. The van der Waals surface area contributed by atoms with E-state index < -0.39 is 0 Å². The van der Waals surface area contributed by atoms with Crippen LogP contribution in [0, 0.1) is 0 Å². The fourth-order valence-electron chi connectivity index (χ4n) is 2.52. The van der Waals surface area contributed by atoms with Crippen LogP contribution in [-0.4, -0.2) is 44.2 Å². The van der Waals surface area contributed by atoms with Gasteiger partial charge in [0.05, 0.1) is 19.8 Å². The highest BCUT2D eigenvalue weighted by atomic mass is 16.5. The monoisotopic (exact) mass is 372 g/mol. The number of aryl methyl sites for hydroxylation is 1. The van der Waals surface area contributed by atoms with Gasteiger partial charge >= 0.3 is 0 Å². The van der Waals surface area contributed by atoms with Crippen molar-refractivity contribution in [2.75, 3.05) is 27.3 Å². The molecule has 0 fully saturated rings. The molecule has 2 rings (SSSR count). The third kappa shape index (κ3) is 5.91. The SMILES string of the molecule is COc1ccc(CCC(=O)NCCNC(=O)c2ccccc2O)cc1OC. The highest BCUT2D eigenvalue weighted by Gasteiger charge is 2.10. The zero-order chi connectivity index (χ0) is 19.6. The zero-order valence-corrected chi connectivity index (χ0v) is 15.5. The maximum Gasteiger partial charge on any atom is 0.255 e. The second-order valence-electron chi connectivity index (χ2n) is 5.81. The van der Waals surface area contributed by atoms with Gasteiger partial charge in [0.1, 0.15) is 5.75 Å². The lowest BCUT2D eigenvalue weighted by atomic mass is 10.1. The normalized spacial score (nSPS) is 10.1. The smallest absolute Gasteiger partial charge is 0.255 e. The number of amides is 2. The van der Waals surface area contributed by atoms with Crippen LogP contribution in [0.5, 0.6) is 17.2 Å². The quantitative estimate of drug-likeness (QED) is 0.584. The van der Waals surface area contributed by atoms with Crippen LogP contribution < -0.4 is 20.1 Å². The Morgan fingerprint density at radius 2 is 1.67 bits per heavy atom. The highest BCUT2D eigenvalue weighted by molar-refractivity contribution is 5.96. The summed E-state index contributed by atoms with van der Waals surface area (Å²) in [6, 6.07) is 11.8. The lowest BCUT2D eigenvalue weighted by Gasteiger charge is -2.10. The Balaban J connectivity index is 1.71. The maximum absolute atomic E-state index is 11.9. The number of rotatable bonds is 9. The number of carbonyl (C=O) groups is 2. The van der Waals surface area contributed by atoms with E-state index in [9.17, 15) is 14.7 Å². The number of nitrogens with one attached hydrogen (secondary N) is 2. The van der Waals surface area contributed by atoms with Crippen molar-refractivity contribution in [3.05, 3.63) is 53.6 Å². The van der Waals surface area contributed by atoms with Gasteiger partial charge in [-0.3, -0.25) is 9.59 Å². The van der Waals surface area contributed by atoms with Crippen molar-refractivity contribution in [1.29, 1.82) is 0 Å². The molecule has 7 nitrogen and oxygen atoms in total. The molecule has 0 aliphatic heterocycles. The molecule has 0 aromatic heterocycles. The molecule has 0 radical (unpaired) electrons. The Kier molecular flexibility index (Phi) is 7.49. The standard InChI is InChI=1S/C20H24N2O5/c1-26-17-9-7-14(13-18(17)27-2)8-10-19(24)21-11-12-22-20(25)15-5-3-4-6-16(15)23/h3-7,9,13,23H,8,10-12H2,1-2H3,(H,21,24)(H,22,25). The molecule has 0 spiro atoms. The summed E-state index contributed by atoms with van der Waals surface area (Å²) in [7, 11) is 3.14. The molecule has 0 saturated carbocycles. The van der Waals surface area contributed by atoms with Crippen LogP contribution in [0.2, 0.25) is 0 Å². The molecule has 0 saturated heterocycles. The molecule has 0 heterocycles. The van der Waals surface area contributed by atoms with Crippen molar-refractivity contribution < 1.29 is 24.2 Å². The minimum atomic E-state index is -0.382. The number of phenolic OH excluding ortho intramolecular Hbond substituents is 1. The molecule has 0 aliphatic rings. The van der Waals surface area contributed by atoms with Gasteiger partial charge in [0, 0.05) is 19.5 Å². The van der Waals surface area contributed by atoms with Gasteiger partial charge in [0.2, 0.25) is 5.91 Å². The summed E-state index contributed by atoms with van der Waals surface area (Å²) in [5.41, 5.74) is 1.17. The molecule has 7 heteroatoms. The van der Waals surface area contributed by atoms with Gasteiger partial charge < -0.3 is 25.2 Å². The predicted molar refractivity (Wildman–Crippen MR) is 101 cm³/mol. The van der Waals surface area contributed by atoms with E-state index in [0.29, 0.717) is 30.9 Å². The first-order valence-corrected chi connectivity index (χ1v) is 8.59. The minimum Gasteiger partial charge on any atom is -0.507 e. The first-order chi connectivity index (χ1) is 13.0. The highest BCUT2D eigenvalue weighted by Crippen LogP contribution is 2.27. The van der Waals surface area contributed by atoms with Crippen molar-refractivity contribution in [2.24, 2.45) is 0 Å². The van der Waals surface area contributed by atoms with E-state index >= 15 is 0 Å². The summed E-state index contributed by atoms with van der Waals surface area (Å²) in [5.74, 6) is 0.705. The number of para-hydroxylation sites is 1. The molecule has 2 aromatic rings. The Bertz CT molecular complexity index is 792. The van der Waals surface area contributed by atoms with Crippen LogP contribution >= 0.6 is 0 Å². The van der Waals surface area contributed by atoms with Gasteiger partial charge in [-0.2, -0.15) is 0 Å². The number of hydrogen-bond acceptors (Lipinski definition) is 5. The van der Waals surface area contributed by atoms with E-state index in [1.165, 1.54) is 12.1 Å². The van der Waals surface area contributed by atoms with Crippen LogP contribution in [0.4, 0.5) is 0 Å². The second-order valence-corrected chi connectivity index (χ2v) is 5.81. The number of aromatic hydroxyl groups is 1. The van der Waals surface area contributed by atoms with Crippen LogP contribution in [0.25, 0.3) is 0 Å². The molecule has 0 unspecified atom stereocenters. The molecule has 3 N–H and O–H groups in total. The Morgan fingerprint density at radius 1 is 0.963 bits per heavy atom. The largest absolute Gasteiger partial charge is 0.507 e. The Morgan fingerprint density at radius 3 is 2.37 bits per heavy atom. The van der Waals surface area contributed by atoms with Gasteiger partial charge in [-0.05, 0) is 36.2 Å². The molecule has 0 bridgehead atoms. The molecule has 27 heavy (non-hydrogen) atoms. The maximum atomic E-state index is 11.9. The molecular weight excluding hydrogens is 348 g/mol. The molecule has 144 valence electrons. The molecule has 2 amide bonds. The van der Waals surface area contributed by atoms with Crippen LogP contribution in [0.3, 0.4) is 0 Å². The van der Waals surface area contributed by atoms with Crippen molar-refractivity contribution in [2.45, 2.75) is 12.8 Å². The van der Waals surface area contributed by atoms with Crippen LogP contribution in [0.1, 0.15) is 22.3 Å². The van der Waals surface area contributed by atoms with Crippen molar-refractivity contribution in [1.82, 2.24) is 10.6 Å². The fraction of sp³-hybridized carbons (Fsp3) is 0.300. The van der Waals surface area contributed by atoms with Crippen LogP contribution in [0.15, 0.2) is 42.5 Å². The third-order valence-electron chi connectivity index (χ3n) is 3.97. The Hall–Kier alpha value is -3.22. The van der Waals surface area contributed by atoms with Crippen molar-refractivity contribution >= 4 is 11.8 Å². The first-order valence-electron chi connectivity index (χ1n) is 8.59. The first kappa shape index (κ1) is 20.1. The average molecular weight is 372 g/mol. The zero-order valence-electron chi connectivity index (χ0n) is 15.5. The summed E-state index contributed by atoms with van der Waals surface area (Å²) in [5, 5.41) is 15.0. The molecule has 0 aliphatic carbocycles. The predicted octanol–water partition coefficient (Wildman–Crippen LogP) is 1.89. The van der Waals surface area contributed by atoms with E-state index in [1.54, 1.807) is 32.4 Å². The van der Waals surface area contributed by atoms with Crippen molar-refractivity contribution in [3.63, 3.8) is 0 Å². The summed E-state index contributed by atoms with van der Waals surface area (Å²) >= 11 is 0. The number of ether oxygens (including phenoxy) is 2.